The highest BCUT2D eigenvalue weighted by molar-refractivity contribution is 5.09. The number of nitriles is 1. The van der Waals surface area contributed by atoms with Crippen LogP contribution in [-0.4, -0.2) is 15.1 Å². The molecule has 52 valence electrons. The molecule has 5 heteroatoms. The molecule has 5 nitrogen and oxygen atoms in total. The first-order chi connectivity index (χ1) is 4.74. The standard InChI is InChI=1S/C5H7N5/c1-4(2-6)5-3-8-10(7)9-5/h3-4H,7H2,1H3. The molecule has 2 N–H and O–H groups in total. The van der Waals surface area contributed by atoms with Gasteiger partial charge >= 0.3 is 0 Å². The number of aromatic nitrogens is 3. The van der Waals surface area contributed by atoms with Gasteiger partial charge in [-0.1, -0.05) is 4.91 Å². The van der Waals surface area contributed by atoms with Crippen molar-refractivity contribution in [2.24, 2.45) is 0 Å². The summed E-state index contributed by atoms with van der Waals surface area (Å²) in [7, 11) is 0. The fraction of sp³-hybridized carbons (Fsp3) is 0.400. The van der Waals surface area contributed by atoms with Crippen LogP contribution < -0.4 is 5.84 Å². The molecule has 1 aromatic heterocycles. The average molecular weight is 137 g/mol. The van der Waals surface area contributed by atoms with E-state index in [4.69, 9.17) is 11.1 Å². The molecule has 1 unspecified atom stereocenters. The molecule has 0 bridgehead atoms. The Bertz CT molecular complexity index is 257. The van der Waals surface area contributed by atoms with Crippen LogP contribution in [0, 0.1) is 11.3 Å². The maximum absolute atomic E-state index is 8.43. The van der Waals surface area contributed by atoms with Crippen LogP contribution in [0.4, 0.5) is 0 Å². The van der Waals surface area contributed by atoms with E-state index in [1.165, 1.54) is 6.20 Å². The SMILES string of the molecule is CC(C#N)c1cnn(N)n1. The third-order valence-electron chi connectivity index (χ3n) is 1.16. The van der Waals surface area contributed by atoms with Gasteiger partial charge in [-0.25, -0.2) is 0 Å². The zero-order valence-electron chi connectivity index (χ0n) is 5.52. The van der Waals surface area contributed by atoms with Gasteiger partial charge in [0.25, 0.3) is 0 Å². The molecule has 0 saturated heterocycles. The number of nitrogens with two attached hydrogens (primary N) is 1. The molecule has 0 radical (unpaired) electrons. The van der Waals surface area contributed by atoms with Gasteiger partial charge in [0.05, 0.1) is 18.2 Å². The summed E-state index contributed by atoms with van der Waals surface area (Å²) in [5, 5.41) is 15.8. The summed E-state index contributed by atoms with van der Waals surface area (Å²) in [4.78, 5) is 0.948. The summed E-state index contributed by atoms with van der Waals surface area (Å²) in [6.45, 7) is 1.74. The molecule has 0 spiro atoms. The number of hydrogen-bond acceptors (Lipinski definition) is 4. The van der Waals surface area contributed by atoms with Gasteiger partial charge < -0.3 is 5.84 Å². The Balaban J connectivity index is 2.87. The average Bonchev–Trinajstić information content (AvgIpc) is 2.34. The Kier molecular flexibility index (Phi) is 1.54. The van der Waals surface area contributed by atoms with Gasteiger partial charge in [-0.15, -0.1) is 10.2 Å². The lowest BCUT2D eigenvalue weighted by molar-refractivity contribution is 0.692. The van der Waals surface area contributed by atoms with Crippen LogP contribution in [0.25, 0.3) is 0 Å². The van der Waals surface area contributed by atoms with E-state index in [1.54, 1.807) is 6.92 Å². The molecular weight excluding hydrogens is 130 g/mol. The second kappa shape index (κ2) is 2.35. The van der Waals surface area contributed by atoms with E-state index in [0.29, 0.717) is 5.69 Å². The molecule has 0 aliphatic carbocycles. The molecule has 0 amide bonds. The summed E-state index contributed by atoms with van der Waals surface area (Å²) in [6, 6.07) is 2.02. The van der Waals surface area contributed by atoms with Crippen molar-refractivity contribution < 1.29 is 0 Å². The minimum atomic E-state index is -0.239. The molecule has 1 heterocycles. The lowest BCUT2D eigenvalue weighted by atomic mass is 10.1. The zero-order chi connectivity index (χ0) is 7.56. The van der Waals surface area contributed by atoms with Crippen molar-refractivity contribution in [1.82, 2.24) is 15.1 Å². The molecule has 0 fully saturated rings. The largest absolute Gasteiger partial charge is 0.306 e. The summed E-state index contributed by atoms with van der Waals surface area (Å²) in [5.74, 6) is 4.92. The Morgan fingerprint density at radius 2 is 2.60 bits per heavy atom. The van der Waals surface area contributed by atoms with E-state index >= 15 is 0 Å². The predicted molar refractivity (Wildman–Crippen MR) is 34.2 cm³/mol. The zero-order valence-corrected chi connectivity index (χ0v) is 5.52. The van der Waals surface area contributed by atoms with Gasteiger partial charge in [0.15, 0.2) is 0 Å². The van der Waals surface area contributed by atoms with Crippen LogP contribution in [0.5, 0.6) is 0 Å². The molecule has 1 rings (SSSR count). The fourth-order valence-corrected chi connectivity index (χ4v) is 0.553. The molecule has 1 atom stereocenters. The van der Waals surface area contributed by atoms with Crippen molar-refractivity contribution >= 4 is 0 Å². The minimum absolute atomic E-state index is 0.239. The second-order valence-electron chi connectivity index (χ2n) is 1.94. The first kappa shape index (κ1) is 6.55. The Labute approximate surface area is 58.0 Å². The molecule has 0 saturated carbocycles. The molecule has 1 aromatic rings. The molecule has 10 heavy (non-hydrogen) atoms. The number of nitrogens with zero attached hydrogens (tertiary/aromatic N) is 4. The minimum Gasteiger partial charge on any atom is -0.306 e. The summed E-state index contributed by atoms with van der Waals surface area (Å²) < 4.78 is 0. The smallest absolute Gasteiger partial charge is 0.102 e. The monoisotopic (exact) mass is 137 g/mol. The van der Waals surface area contributed by atoms with Crippen LogP contribution in [0.3, 0.4) is 0 Å². The highest BCUT2D eigenvalue weighted by Gasteiger charge is 2.06. The van der Waals surface area contributed by atoms with Gasteiger partial charge in [0.1, 0.15) is 5.69 Å². The van der Waals surface area contributed by atoms with Gasteiger partial charge in [0.2, 0.25) is 0 Å². The number of nitrogen functional groups attached to an aromatic ring is 1. The van der Waals surface area contributed by atoms with Gasteiger partial charge in [-0.3, -0.25) is 0 Å². The maximum Gasteiger partial charge on any atom is 0.102 e. The fourth-order valence-electron chi connectivity index (χ4n) is 0.553. The third kappa shape index (κ3) is 1.05. The van der Waals surface area contributed by atoms with E-state index < -0.39 is 0 Å². The highest BCUT2D eigenvalue weighted by Crippen LogP contribution is 2.07. The Hall–Kier alpha value is -1.57. The van der Waals surface area contributed by atoms with Gasteiger partial charge in [-0.2, -0.15) is 5.26 Å². The van der Waals surface area contributed by atoms with E-state index in [2.05, 4.69) is 10.2 Å². The molecular formula is C5H7N5. The summed E-state index contributed by atoms with van der Waals surface area (Å²) >= 11 is 0. The normalized spacial score (nSPS) is 12.4. The van der Waals surface area contributed by atoms with Gasteiger partial charge in [0, 0.05) is 0 Å². The van der Waals surface area contributed by atoms with E-state index in [9.17, 15) is 0 Å². The van der Waals surface area contributed by atoms with Crippen molar-refractivity contribution in [2.75, 3.05) is 5.84 Å². The lowest BCUT2D eigenvalue weighted by Gasteiger charge is -1.90. The van der Waals surface area contributed by atoms with E-state index in [0.717, 1.165) is 4.91 Å². The summed E-state index contributed by atoms with van der Waals surface area (Å²) in [5.41, 5.74) is 0.602. The lowest BCUT2D eigenvalue weighted by Crippen LogP contribution is -2.12. The molecule has 0 aliphatic rings. The molecule has 0 aliphatic heterocycles. The van der Waals surface area contributed by atoms with Crippen molar-refractivity contribution in [3.05, 3.63) is 11.9 Å². The highest BCUT2D eigenvalue weighted by atomic mass is 15.6. The van der Waals surface area contributed by atoms with Crippen molar-refractivity contribution in [1.29, 1.82) is 5.26 Å². The van der Waals surface area contributed by atoms with E-state index in [1.807, 2.05) is 6.07 Å². The van der Waals surface area contributed by atoms with Crippen LogP contribution in [0.15, 0.2) is 6.20 Å². The summed E-state index contributed by atoms with van der Waals surface area (Å²) in [6.07, 6.45) is 1.48. The first-order valence-corrected chi connectivity index (χ1v) is 2.81. The van der Waals surface area contributed by atoms with Crippen LogP contribution in [-0.2, 0) is 0 Å². The first-order valence-electron chi connectivity index (χ1n) is 2.81. The maximum atomic E-state index is 8.43. The number of rotatable bonds is 1. The van der Waals surface area contributed by atoms with Crippen LogP contribution in [0.2, 0.25) is 0 Å². The predicted octanol–water partition coefficient (Wildman–Crippen LogP) is -0.381. The van der Waals surface area contributed by atoms with E-state index in [-0.39, 0.29) is 5.92 Å². The topological polar surface area (TPSA) is 80.5 Å². The van der Waals surface area contributed by atoms with Gasteiger partial charge in [-0.05, 0) is 6.92 Å². The van der Waals surface area contributed by atoms with Crippen LogP contribution >= 0.6 is 0 Å². The molecule has 0 aromatic carbocycles. The second-order valence-corrected chi connectivity index (χ2v) is 1.94. The van der Waals surface area contributed by atoms with Crippen molar-refractivity contribution in [3.63, 3.8) is 0 Å². The third-order valence-corrected chi connectivity index (χ3v) is 1.16. The Morgan fingerprint density at radius 3 is 3.00 bits per heavy atom. The van der Waals surface area contributed by atoms with Crippen molar-refractivity contribution in [3.8, 4) is 6.07 Å². The number of hydrogen-bond donors (Lipinski definition) is 1. The van der Waals surface area contributed by atoms with Crippen molar-refractivity contribution in [2.45, 2.75) is 12.8 Å². The Morgan fingerprint density at radius 1 is 1.90 bits per heavy atom. The van der Waals surface area contributed by atoms with Crippen LogP contribution in [0.1, 0.15) is 18.5 Å². The quantitative estimate of drug-likeness (QED) is 0.535.